The van der Waals surface area contributed by atoms with E-state index in [0.29, 0.717) is 48.3 Å². The summed E-state index contributed by atoms with van der Waals surface area (Å²) in [4.78, 5) is 13.8. The van der Waals surface area contributed by atoms with Crippen molar-refractivity contribution in [3.63, 3.8) is 0 Å². The molecule has 0 fully saturated rings. The van der Waals surface area contributed by atoms with Crippen LogP contribution in [0.3, 0.4) is 0 Å². The van der Waals surface area contributed by atoms with Gasteiger partial charge in [-0.2, -0.15) is 0 Å². The second-order valence-corrected chi connectivity index (χ2v) is 6.08. The summed E-state index contributed by atoms with van der Waals surface area (Å²) in [6.45, 7) is 2.03. The largest absolute Gasteiger partial charge is 0.490 e. The van der Waals surface area contributed by atoms with E-state index >= 15 is 0 Å². The highest BCUT2D eigenvalue weighted by Crippen LogP contribution is 2.38. The Balaban J connectivity index is 2.24. The average molecular weight is 370 g/mol. The minimum atomic E-state index is -0.434. The number of hydrogen-bond donors (Lipinski definition) is 0. The van der Waals surface area contributed by atoms with Crippen molar-refractivity contribution < 1.29 is 13.6 Å². The highest BCUT2D eigenvalue weighted by atomic mass is 35.5. The predicted molar refractivity (Wildman–Crippen MR) is 95.5 cm³/mol. The summed E-state index contributed by atoms with van der Waals surface area (Å²) in [5.74, 6) is 1.44. The molecular weight excluding hydrogens is 353 g/mol. The Morgan fingerprint density at radius 3 is 2.46 bits per heavy atom. The molecule has 0 aliphatic heterocycles. The molecule has 0 bridgehead atoms. The number of benzene rings is 1. The molecule has 128 valence electrons. The maximum absolute atomic E-state index is 11.7. The molecule has 0 unspecified atom stereocenters. The molecule has 0 aliphatic carbocycles. The van der Waals surface area contributed by atoms with E-state index < -0.39 is 5.63 Å². The molecule has 1 aromatic carbocycles. The molecule has 2 aromatic heterocycles. The molecule has 3 aromatic rings. The summed E-state index contributed by atoms with van der Waals surface area (Å²) in [5.41, 5.74) is 1.51. The van der Waals surface area contributed by atoms with Gasteiger partial charge in [-0.1, -0.05) is 0 Å². The molecular formula is C17H17Cl2NO4. The average Bonchev–Trinajstić information content (AvgIpc) is 3.04. The number of methoxy groups -OCH3 is 1. The van der Waals surface area contributed by atoms with Crippen LogP contribution in [-0.4, -0.2) is 36.9 Å². The van der Waals surface area contributed by atoms with Crippen LogP contribution in [0, 0.1) is 0 Å². The minimum Gasteiger partial charge on any atom is -0.490 e. The SMILES string of the molecule is COc1c2occc2c(CN(CCCl)CCCl)c2ccc(=O)oc12. The zero-order valence-electron chi connectivity index (χ0n) is 13.2. The molecule has 0 radical (unpaired) electrons. The van der Waals surface area contributed by atoms with Crippen molar-refractivity contribution in [3.8, 4) is 5.75 Å². The van der Waals surface area contributed by atoms with Gasteiger partial charge in [-0.15, -0.1) is 23.2 Å². The van der Waals surface area contributed by atoms with E-state index in [2.05, 4.69) is 4.90 Å². The van der Waals surface area contributed by atoms with Crippen LogP contribution in [0.1, 0.15) is 5.56 Å². The van der Waals surface area contributed by atoms with Crippen LogP contribution in [0.4, 0.5) is 0 Å². The third-order valence-electron chi connectivity index (χ3n) is 3.95. The van der Waals surface area contributed by atoms with Crippen LogP contribution in [0.15, 0.2) is 38.1 Å². The summed E-state index contributed by atoms with van der Waals surface area (Å²) in [5, 5.41) is 1.73. The smallest absolute Gasteiger partial charge is 0.336 e. The van der Waals surface area contributed by atoms with E-state index in [-0.39, 0.29) is 0 Å². The Kier molecular flexibility index (Phi) is 5.33. The van der Waals surface area contributed by atoms with E-state index in [1.165, 1.54) is 13.2 Å². The Hall–Kier alpha value is -1.69. The zero-order valence-corrected chi connectivity index (χ0v) is 14.7. The highest BCUT2D eigenvalue weighted by molar-refractivity contribution is 6.18. The van der Waals surface area contributed by atoms with E-state index in [1.807, 2.05) is 6.07 Å². The molecule has 3 rings (SSSR count). The topological polar surface area (TPSA) is 55.8 Å². The van der Waals surface area contributed by atoms with E-state index in [1.54, 1.807) is 12.3 Å². The first-order valence-electron chi connectivity index (χ1n) is 7.53. The molecule has 0 spiro atoms. The molecule has 7 heteroatoms. The Bertz CT molecular complexity index is 897. The maximum atomic E-state index is 11.7. The van der Waals surface area contributed by atoms with E-state index in [9.17, 15) is 4.79 Å². The quantitative estimate of drug-likeness (QED) is 0.467. The standard InChI is InChI=1S/C17H17Cl2NO4/c1-22-17-15-12(4-9-23-15)13(10-20(7-5-18)8-6-19)11-2-3-14(21)24-16(11)17/h2-4,9H,5-8,10H2,1H3. The normalized spacial score (nSPS) is 11.7. The molecule has 2 heterocycles. The lowest BCUT2D eigenvalue weighted by Gasteiger charge is -2.21. The van der Waals surface area contributed by atoms with Crippen LogP contribution < -0.4 is 10.4 Å². The van der Waals surface area contributed by atoms with Crippen LogP contribution in [0.25, 0.3) is 21.9 Å². The van der Waals surface area contributed by atoms with Gasteiger partial charge in [-0.25, -0.2) is 4.79 Å². The molecule has 0 aliphatic rings. The van der Waals surface area contributed by atoms with Crippen molar-refractivity contribution in [2.45, 2.75) is 6.54 Å². The van der Waals surface area contributed by atoms with Crippen LogP contribution in [0.5, 0.6) is 5.75 Å². The second-order valence-electron chi connectivity index (χ2n) is 5.33. The van der Waals surface area contributed by atoms with Gasteiger partial charge in [0.05, 0.1) is 13.4 Å². The first-order chi connectivity index (χ1) is 11.7. The number of furan rings is 1. The Morgan fingerprint density at radius 1 is 1.08 bits per heavy atom. The first kappa shape index (κ1) is 17.1. The summed E-state index contributed by atoms with van der Waals surface area (Å²) >= 11 is 11.8. The number of rotatable bonds is 7. The van der Waals surface area contributed by atoms with Crippen molar-refractivity contribution in [2.24, 2.45) is 0 Å². The van der Waals surface area contributed by atoms with Crippen molar-refractivity contribution in [3.05, 3.63) is 40.4 Å². The van der Waals surface area contributed by atoms with Crippen LogP contribution in [-0.2, 0) is 6.54 Å². The number of ether oxygens (including phenoxy) is 1. The summed E-state index contributed by atoms with van der Waals surface area (Å²) < 4.78 is 16.4. The number of fused-ring (bicyclic) bond motifs is 2. The maximum Gasteiger partial charge on any atom is 0.336 e. The number of hydrogen-bond acceptors (Lipinski definition) is 5. The third kappa shape index (κ3) is 3.11. The van der Waals surface area contributed by atoms with Crippen LogP contribution >= 0.6 is 23.2 Å². The van der Waals surface area contributed by atoms with Gasteiger partial charge in [0.1, 0.15) is 0 Å². The Morgan fingerprint density at radius 2 is 1.79 bits per heavy atom. The fourth-order valence-corrected chi connectivity index (χ4v) is 3.36. The van der Waals surface area contributed by atoms with Crippen molar-refractivity contribution in [1.82, 2.24) is 4.90 Å². The summed E-state index contributed by atoms with van der Waals surface area (Å²) in [6.07, 6.45) is 1.60. The van der Waals surface area contributed by atoms with Crippen molar-refractivity contribution in [1.29, 1.82) is 0 Å². The van der Waals surface area contributed by atoms with Gasteiger partial charge in [0, 0.05) is 48.2 Å². The van der Waals surface area contributed by atoms with Crippen molar-refractivity contribution in [2.75, 3.05) is 32.0 Å². The van der Waals surface area contributed by atoms with Gasteiger partial charge in [-0.05, 0) is 17.7 Å². The van der Waals surface area contributed by atoms with Gasteiger partial charge in [-0.3, -0.25) is 4.90 Å². The molecule has 5 nitrogen and oxygen atoms in total. The van der Waals surface area contributed by atoms with E-state index in [0.717, 1.165) is 16.3 Å². The number of alkyl halides is 2. The van der Waals surface area contributed by atoms with Gasteiger partial charge in [0.15, 0.2) is 11.2 Å². The molecule has 0 atom stereocenters. The highest BCUT2D eigenvalue weighted by Gasteiger charge is 2.20. The fourth-order valence-electron chi connectivity index (χ4n) is 2.88. The summed E-state index contributed by atoms with van der Waals surface area (Å²) in [7, 11) is 1.52. The molecule has 0 N–H and O–H groups in total. The van der Waals surface area contributed by atoms with Gasteiger partial charge in [0.25, 0.3) is 0 Å². The fraction of sp³-hybridized carbons (Fsp3) is 0.353. The molecule has 0 saturated heterocycles. The van der Waals surface area contributed by atoms with Gasteiger partial charge >= 0.3 is 5.63 Å². The van der Waals surface area contributed by atoms with Crippen LogP contribution in [0.2, 0.25) is 0 Å². The lowest BCUT2D eigenvalue weighted by molar-refractivity contribution is 0.301. The molecule has 24 heavy (non-hydrogen) atoms. The lowest BCUT2D eigenvalue weighted by Crippen LogP contribution is -2.27. The first-order valence-corrected chi connectivity index (χ1v) is 8.60. The third-order valence-corrected chi connectivity index (χ3v) is 4.29. The predicted octanol–water partition coefficient (Wildman–Crippen LogP) is 3.83. The number of nitrogens with zero attached hydrogens (tertiary/aromatic N) is 1. The van der Waals surface area contributed by atoms with Gasteiger partial charge < -0.3 is 13.6 Å². The molecule has 0 saturated carbocycles. The minimum absolute atomic E-state index is 0.388. The van der Waals surface area contributed by atoms with Crippen molar-refractivity contribution >= 4 is 45.1 Å². The molecule has 0 amide bonds. The Labute approximate surface area is 148 Å². The second kappa shape index (κ2) is 7.47. The lowest BCUT2D eigenvalue weighted by atomic mass is 10.0. The van der Waals surface area contributed by atoms with E-state index in [4.69, 9.17) is 36.8 Å². The summed E-state index contributed by atoms with van der Waals surface area (Å²) in [6, 6.07) is 5.05. The number of halogens is 2. The van der Waals surface area contributed by atoms with Gasteiger partial charge in [0.2, 0.25) is 5.75 Å². The zero-order chi connectivity index (χ0) is 17.1. The monoisotopic (exact) mass is 369 g/mol.